The fourth-order valence-corrected chi connectivity index (χ4v) is 3.71. The topological polar surface area (TPSA) is 73.9 Å². The van der Waals surface area contributed by atoms with Gasteiger partial charge < -0.3 is 13.7 Å². The van der Waals surface area contributed by atoms with Crippen molar-refractivity contribution in [3.8, 4) is 28.4 Å². The normalized spacial score (nSPS) is 21.0. The van der Waals surface area contributed by atoms with Crippen LogP contribution in [0.5, 0.6) is 17.2 Å². The van der Waals surface area contributed by atoms with Crippen LogP contribution in [0, 0.1) is 0 Å². The lowest BCUT2D eigenvalue weighted by atomic mass is 9.98. The first-order valence-electron chi connectivity index (χ1n) is 6.78. The van der Waals surface area contributed by atoms with Crippen LogP contribution in [-0.4, -0.2) is 15.2 Å². The molecule has 0 saturated heterocycles. The number of para-hydroxylation sites is 1. The first kappa shape index (κ1) is 13.4. The van der Waals surface area contributed by atoms with Gasteiger partial charge in [-0.15, -0.1) is 0 Å². The molecular formula is C15H13NO5S. The van der Waals surface area contributed by atoms with Crippen LogP contribution < -0.4 is 18.4 Å². The number of ether oxygens (including phenoxy) is 2. The van der Waals surface area contributed by atoms with Crippen LogP contribution in [-0.2, 0) is 10.3 Å². The molecule has 2 aromatic carbocycles. The van der Waals surface area contributed by atoms with Gasteiger partial charge in [-0.3, -0.25) is 0 Å². The SMILES string of the molecule is CC1NS(=O)(=O)Oc2c(-c3ccc4c(c3)OCO4)cccc21. The first-order valence-corrected chi connectivity index (χ1v) is 8.19. The van der Waals surface area contributed by atoms with Gasteiger partial charge in [-0.05, 0) is 24.6 Å². The summed E-state index contributed by atoms with van der Waals surface area (Å²) >= 11 is 0. The molecule has 1 unspecified atom stereocenters. The second-order valence-corrected chi connectivity index (χ2v) is 6.48. The van der Waals surface area contributed by atoms with Crippen LogP contribution in [0.25, 0.3) is 11.1 Å². The number of fused-ring (bicyclic) bond motifs is 2. The van der Waals surface area contributed by atoms with Gasteiger partial charge in [-0.1, -0.05) is 24.3 Å². The Bertz CT molecular complexity index is 862. The quantitative estimate of drug-likeness (QED) is 0.873. The fourth-order valence-electron chi connectivity index (χ4n) is 2.69. The summed E-state index contributed by atoms with van der Waals surface area (Å²) in [4.78, 5) is 0. The van der Waals surface area contributed by atoms with Crippen molar-refractivity contribution in [2.45, 2.75) is 13.0 Å². The van der Waals surface area contributed by atoms with E-state index in [1.165, 1.54) is 0 Å². The second-order valence-electron chi connectivity index (χ2n) is 5.17. The predicted molar refractivity (Wildman–Crippen MR) is 79.1 cm³/mol. The zero-order chi connectivity index (χ0) is 15.3. The average molecular weight is 319 g/mol. The molecule has 22 heavy (non-hydrogen) atoms. The van der Waals surface area contributed by atoms with Gasteiger partial charge in [0.1, 0.15) is 0 Å². The van der Waals surface area contributed by atoms with Gasteiger partial charge in [0.15, 0.2) is 17.2 Å². The highest BCUT2D eigenvalue weighted by Crippen LogP contribution is 2.42. The highest BCUT2D eigenvalue weighted by molar-refractivity contribution is 7.85. The van der Waals surface area contributed by atoms with E-state index in [4.69, 9.17) is 13.7 Å². The minimum Gasteiger partial charge on any atom is -0.454 e. The molecule has 1 atom stereocenters. The van der Waals surface area contributed by atoms with Crippen molar-refractivity contribution in [3.05, 3.63) is 42.0 Å². The maximum absolute atomic E-state index is 11.8. The Morgan fingerprint density at radius 3 is 2.82 bits per heavy atom. The maximum Gasteiger partial charge on any atom is 0.383 e. The lowest BCUT2D eigenvalue weighted by molar-refractivity contribution is 0.174. The van der Waals surface area contributed by atoms with E-state index in [1.54, 1.807) is 13.0 Å². The van der Waals surface area contributed by atoms with Crippen molar-refractivity contribution in [1.82, 2.24) is 4.72 Å². The molecule has 0 amide bonds. The summed E-state index contributed by atoms with van der Waals surface area (Å²) in [6, 6.07) is 10.7. The molecule has 1 N–H and O–H groups in total. The largest absolute Gasteiger partial charge is 0.454 e. The molecule has 0 aromatic heterocycles. The Morgan fingerprint density at radius 2 is 1.95 bits per heavy atom. The van der Waals surface area contributed by atoms with Gasteiger partial charge >= 0.3 is 10.3 Å². The Kier molecular flexibility index (Phi) is 2.82. The third kappa shape index (κ3) is 2.10. The fraction of sp³-hybridized carbons (Fsp3) is 0.200. The van der Waals surface area contributed by atoms with Crippen LogP contribution in [0.1, 0.15) is 18.5 Å². The molecule has 2 aliphatic rings. The van der Waals surface area contributed by atoms with Crippen molar-refractivity contribution >= 4 is 10.3 Å². The van der Waals surface area contributed by atoms with Crippen LogP contribution >= 0.6 is 0 Å². The zero-order valence-electron chi connectivity index (χ0n) is 11.7. The van der Waals surface area contributed by atoms with E-state index < -0.39 is 10.3 Å². The van der Waals surface area contributed by atoms with E-state index in [0.717, 1.165) is 11.1 Å². The molecule has 2 aromatic rings. The highest BCUT2D eigenvalue weighted by atomic mass is 32.2. The third-order valence-electron chi connectivity index (χ3n) is 3.71. The molecule has 0 saturated carbocycles. The molecule has 114 valence electrons. The van der Waals surface area contributed by atoms with Crippen LogP contribution in [0.4, 0.5) is 0 Å². The van der Waals surface area contributed by atoms with E-state index >= 15 is 0 Å². The summed E-state index contributed by atoms with van der Waals surface area (Å²) in [5, 5.41) is 0. The van der Waals surface area contributed by atoms with Crippen molar-refractivity contribution in [2.75, 3.05) is 6.79 Å². The summed E-state index contributed by atoms with van der Waals surface area (Å²) in [7, 11) is -3.79. The molecule has 0 spiro atoms. The minimum absolute atomic E-state index is 0.192. The van der Waals surface area contributed by atoms with Crippen molar-refractivity contribution < 1.29 is 22.1 Å². The summed E-state index contributed by atoms with van der Waals surface area (Å²) < 4.78 is 41.9. The van der Waals surface area contributed by atoms with Crippen LogP contribution in [0.2, 0.25) is 0 Å². The Hall–Kier alpha value is -2.25. The molecule has 2 aliphatic heterocycles. The van der Waals surface area contributed by atoms with Gasteiger partial charge in [0, 0.05) is 11.1 Å². The van der Waals surface area contributed by atoms with E-state index in [-0.39, 0.29) is 12.8 Å². The highest BCUT2D eigenvalue weighted by Gasteiger charge is 2.30. The molecule has 4 rings (SSSR count). The summed E-state index contributed by atoms with van der Waals surface area (Å²) in [5.41, 5.74) is 2.31. The summed E-state index contributed by atoms with van der Waals surface area (Å²) in [5.74, 6) is 1.67. The van der Waals surface area contributed by atoms with Gasteiger partial charge in [-0.25, -0.2) is 0 Å². The second kappa shape index (κ2) is 4.62. The van der Waals surface area contributed by atoms with Crippen LogP contribution in [0.15, 0.2) is 36.4 Å². The van der Waals surface area contributed by atoms with Gasteiger partial charge in [0.05, 0.1) is 6.04 Å². The Balaban J connectivity index is 1.89. The van der Waals surface area contributed by atoms with Gasteiger partial charge in [-0.2, -0.15) is 13.1 Å². The summed E-state index contributed by atoms with van der Waals surface area (Å²) in [6.07, 6.45) is 0. The van der Waals surface area contributed by atoms with Gasteiger partial charge in [0.25, 0.3) is 0 Å². The number of rotatable bonds is 1. The monoisotopic (exact) mass is 319 g/mol. The first-order chi connectivity index (χ1) is 10.5. The minimum atomic E-state index is -3.79. The third-order valence-corrected chi connectivity index (χ3v) is 4.74. The van der Waals surface area contributed by atoms with E-state index in [2.05, 4.69) is 4.72 Å². The lowest BCUT2D eigenvalue weighted by Crippen LogP contribution is -2.35. The molecule has 0 aliphatic carbocycles. The molecule has 7 heteroatoms. The number of hydrogen-bond acceptors (Lipinski definition) is 5. The summed E-state index contributed by atoms with van der Waals surface area (Å²) in [6.45, 7) is 1.97. The molecular weight excluding hydrogens is 306 g/mol. The smallest absolute Gasteiger partial charge is 0.383 e. The standard InChI is InChI=1S/C15H13NO5S/c1-9-11-3-2-4-12(15(11)21-22(17,18)16-9)10-5-6-13-14(7-10)20-8-19-13/h2-7,9,16H,8H2,1H3. The molecule has 0 radical (unpaired) electrons. The van der Waals surface area contributed by atoms with E-state index in [9.17, 15) is 8.42 Å². The van der Waals surface area contributed by atoms with E-state index in [0.29, 0.717) is 22.8 Å². The molecule has 0 fully saturated rings. The maximum atomic E-state index is 11.8. The van der Waals surface area contributed by atoms with Gasteiger partial charge in [0.2, 0.25) is 6.79 Å². The van der Waals surface area contributed by atoms with Crippen molar-refractivity contribution in [2.24, 2.45) is 0 Å². The predicted octanol–water partition coefficient (Wildman–Crippen LogP) is 2.37. The lowest BCUT2D eigenvalue weighted by Gasteiger charge is -2.25. The molecule has 2 heterocycles. The Morgan fingerprint density at radius 1 is 1.14 bits per heavy atom. The van der Waals surface area contributed by atoms with Crippen LogP contribution in [0.3, 0.4) is 0 Å². The molecule has 6 nitrogen and oxygen atoms in total. The average Bonchev–Trinajstić information content (AvgIpc) is 2.93. The van der Waals surface area contributed by atoms with Crippen molar-refractivity contribution in [1.29, 1.82) is 0 Å². The van der Waals surface area contributed by atoms with Crippen molar-refractivity contribution in [3.63, 3.8) is 0 Å². The number of hydrogen-bond donors (Lipinski definition) is 1. The molecule has 0 bridgehead atoms. The zero-order valence-corrected chi connectivity index (χ0v) is 12.5. The Labute approximate surface area is 127 Å². The number of nitrogens with one attached hydrogen (secondary N) is 1. The number of benzene rings is 2. The van der Waals surface area contributed by atoms with E-state index in [1.807, 2.05) is 30.3 Å².